The van der Waals surface area contributed by atoms with Crippen molar-refractivity contribution in [3.05, 3.63) is 29.3 Å². The lowest BCUT2D eigenvalue weighted by atomic mass is 9.80. The van der Waals surface area contributed by atoms with E-state index in [2.05, 4.69) is 0 Å². The highest BCUT2D eigenvalue weighted by Gasteiger charge is 2.07. The molecule has 2 radical (unpaired) electrons. The number of nitrogen functional groups attached to an aromatic ring is 1. The fourth-order valence-electron chi connectivity index (χ4n) is 1.15. The van der Waals surface area contributed by atoms with Crippen LogP contribution in [0.2, 0.25) is 0 Å². The molecular weight excluding hydrogens is 147 g/mol. The topological polar surface area (TPSA) is 52.0 Å². The van der Waals surface area contributed by atoms with Crippen molar-refractivity contribution in [3.8, 4) is 0 Å². The summed E-state index contributed by atoms with van der Waals surface area (Å²) in [6.45, 7) is 2.38. The Morgan fingerprint density at radius 1 is 1.50 bits per heavy atom. The smallest absolute Gasteiger partial charge is 0.0781 e. The molecule has 0 saturated heterocycles. The van der Waals surface area contributed by atoms with Gasteiger partial charge in [0, 0.05) is 5.69 Å². The van der Waals surface area contributed by atoms with Crippen LogP contribution in [-0.4, -0.2) is 14.4 Å². The molecule has 1 aromatic rings. The second-order valence-electron chi connectivity index (χ2n) is 2.92. The summed E-state index contributed by atoms with van der Waals surface area (Å²) in [4.78, 5) is 0. The number of rotatable bonds is 2. The predicted octanol–water partition coefficient (Wildman–Crippen LogP) is 0.746. The summed E-state index contributed by atoms with van der Waals surface area (Å²) in [6.07, 6.45) is 0. The molecule has 2 nitrogen and oxygen atoms in total. The van der Waals surface area contributed by atoms with Gasteiger partial charge in [0.2, 0.25) is 0 Å². The summed E-state index contributed by atoms with van der Waals surface area (Å²) in [7, 11) is 5.76. The Morgan fingerprint density at radius 3 is 2.75 bits per heavy atom. The summed E-state index contributed by atoms with van der Waals surface area (Å²) < 4.78 is 0. The van der Waals surface area contributed by atoms with Crippen LogP contribution in [0, 0.1) is 6.92 Å². The van der Waals surface area contributed by atoms with Crippen LogP contribution in [0.3, 0.4) is 0 Å². The van der Waals surface area contributed by atoms with Crippen molar-refractivity contribution in [2.45, 2.75) is 12.7 Å². The Kier molecular flexibility index (Phi) is 2.76. The van der Waals surface area contributed by atoms with Crippen molar-refractivity contribution in [1.29, 1.82) is 0 Å². The number of anilines is 1. The minimum atomic E-state index is -0.148. The molecule has 0 heterocycles. The molecule has 3 heteroatoms. The summed E-state index contributed by atoms with van der Waals surface area (Å²) in [5.74, 6) is -0.148. The first-order valence-electron chi connectivity index (χ1n) is 3.97. The standard InChI is InChI=1S/C9H13BN2/c1-6-3-2-4-7(9(6)12)8(10)5-11/h2-4,8H,5,11-12H2,1H3. The minimum absolute atomic E-state index is 0.148. The second-order valence-corrected chi connectivity index (χ2v) is 2.92. The molecule has 0 saturated carbocycles. The summed E-state index contributed by atoms with van der Waals surface area (Å²) >= 11 is 0. The van der Waals surface area contributed by atoms with Crippen LogP contribution in [0.4, 0.5) is 5.69 Å². The van der Waals surface area contributed by atoms with Crippen molar-refractivity contribution in [1.82, 2.24) is 0 Å². The first-order valence-corrected chi connectivity index (χ1v) is 3.97. The average Bonchev–Trinajstić information content (AvgIpc) is 2.08. The lowest BCUT2D eigenvalue weighted by Gasteiger charge is -2.13. The summed E-state index contributed by atoms with van der Waals surface area (Å²) in [5.41, 5.74) is 14.0. The molecule has 12 heavy (non-hydrogen) atoms. The number of aryl methyl sites for hydroxylation is 1. The molecule has 0 aliphatic carbocycles. The summed E-state index contributed by atoms with van der Waals surface area (Å²) in [5, 5.41) is 0. The lowest BCUT2D eigenvalue weighted by molar-refractivity contribution is 0.930. The number of hydrogen-bond donors (Lipinski definition) is 2. The zero-order valence-corrected chi connectivity index (χ0v) is 7.25. The van der Waals surface area contributed by atoms with Gasteiger partial charge in [-0.25, -0.2) is 0 Å². The zero-order valence-electron chi connectivity index (χ0n) is 7.25. The van der Waals surface area contributed by atoms with Crippen LogP contribution in [0.15, 0.2) is 18.2 Å². The van der Waals surface area contributed by atoms with Crippen molar-refractivity contribution in [2.75, 3.05) is 12.3 Å². The third-order valence-electron chi connectivity index (χ3n) is 2.01. The Morgan fingerprint density at radius 2 is 2.17 bits per heavy atom. The quantitative estimate of drug-likeness (QED) is 0.495. The number of hydrogen-bond acceptors (Lipinski definition) is 2. The SMILES string of the molecule is [B]C(CN)c1cccc(C)c1N. The van der Waals surface area contributed by atoms with Crippen molar-refractivity contribution in [3.63, 3.8) is 0 Å². The molecule has 0 spiro atoms. The van der Waals surface area contributed by atoms with Crippen molar-refractivity contribution in [2.24, 2.45) is 5.73 Å². The Labute approximate surface area is 74.4 Å². The van der Waals surface area contributed by atoms with E-state index in [1.165, 1.54) is 0 Å². The van der Waals surface area contributed by atoms with Gasteiger partial charge in [-0.1, -0.05) is 18.2 Å². The maximum absolute atomic E-state index is 5.82. The molecule has 0 aliphatic rings. The first-order chi connectivity index (χ1) is 5.66. The second kappa shape index (κ2) is 3.63. The third kappa shape index (κ3) is 1.61. The monoisotopic (exact) mass is 160 g/mol. The maximum Gasteiger partial charge on any atom is 0.0781 e. The van der Waals surface area contributed by atoms with Gasteiger partial charge in [-0.05, 0) is 30.4 Å². The molecule has 0 amide bonds. The highest BCUT2D eigenvalue weighted by Crippen LogP contribution is 2.21. The van der Waals surface area contributed by atoms with E-state index < -0.39 is 0 Å². The van der Waals surface area contributed by atoms with Crippen LogP contribution in [-0.2, 0) is 0 Å². The highest BCUT2D eigenvalue weighted by molar-refractivity contribution is 6.13. The van der Waals surface area contributed by atoms with Crippen LogP contribution in [0.1, 0.15) is 16.9 Å². The molecule has 1 aromatic carbocycles. The fourth-order valence-corrected chi connectivity index (χ4v) is 1.15. The van der Waals surface area contributed by atoms with Crippen molar-refractivity contribution < 1.29 is 0 Å². The summed E-state index contributed by atoms with van der Waals surface area (Å²) in [6, 6.07) is 5.82. The lowest BCUT2D eigenvalue weighted by Crippen LogP contribution is -2.14. The van der Waals surface area contributed by atoms with E-state index in [0.717, 1.165) is 16.8 Å². The van der Waals surface area contributed by atoms with E-state index in [-0.39, 0.29) is 5.82 Å². The van der Waals surface area contributed by atoms with E-state index in [1.54, 1.807) is 0 Å². The number of benzene rings is 1. The van der Waals surface area contributed by atoms with Gasteiger partial charge < -0.3 is 11.5 Å². The van der Waals surface area contributed by atoms with E-state index in [4.69, 9.17) is 19.3 Å². The van der Waals surface area contributed by atoms with Gasteiger partial charge in [0.05, 0.1) is 7.85 Å². The van der Waals surface area contributed by atoms with Crippen LogP contribution in [0.25, 0.3) is 0 Å². The van der Waals surface area contributed by atoms with Gasteiger partial charge in [0.1, 0.15) is 0 Å². The molecule has 0 aliphatic heterocycles. The van der Waals surface area contributed by atoms with Crippen LogP contribution >= 0.6 is 0 Å². The van der Waals surface area contributed by atoms with E-state index in [1.807, 2.05) is 25.1 Å². The van der Waals surface area contributed by atoms with Gasteiger partial charge in [-0.2, -0.15) is 0 Å². The van der Waals surface area contributed by atoms with E-state index >= 15 is 0 Å². The Balaban J connectivity index is 3.07. The molecule has 1 atom stereocenters. The normalized spacial score (nSPS) is 12.8. The van der Waals surface area contributed by atoms with Gasteiger partial charge in [0.15, 0.2) is 0 Å². The molecule has 62 valence electrons. The molecule has 0 bridgehead atoms. The van der Waals surface area contributed by atoms with E-state index in [0.29, 0.717) is 6.54 Å². The van der Waals surface area contributed by atoms with E-state index in [9.17, 15) is 0 Å². The van der Waals surface area contributed by atoms with Gasteiger partial charge in [0.25, 0.3) is 0 Å². The zero-order chi connectivity index (χ0) is 9.14. The van der Waals surface area contributed by atoms with Crippen molar-refractivity contribution >= 4 is 13.5 Å². The highest BCUT2D eigenvalue weighted by atomic mass is 14.6. The van der Waals surface area contributed by atoms with Gasteiger partial charge in [-0.15, -0.1) is 0 Å². The van der Waals surface area contributed by atoms with Crippen LogP contribution in [0.5, 0.6) is 0 Å². The Bertz CT molecular complexity index is 273. The van der Waals surface area contributed by atoms with Gasteiger partial charge in [-0.3, -0.25) is 0 Å². The third-order valence-corrected chi connectivity index (χ3v) is 2.01. The fraction of sp³-hybridized carbons (Fsp3) is 0.333. The number of para-hydroxylation sites is 1. The molecular formula is C9H13BN2. The Hall–Kier alpha value is -0.955. The first kappa shape index (κ1) is 9.14. The minimum Gasteiger partial charge on any atom is -0.398 e. The van der Waals surface area contributed by atoms with Crippen LogP contribution < -0.4 is 11.5 Å². The maximum atomic E-state index is 5.82. The number of nitrogens with two attached hydrogens (primary N) is 2. The molecule has 1 rings (SSSR count). The molecule has 1 unspecified atom stereocenters. The molecule has 4 N–H and O–H groups in total. The average molecular weight is 160 g/mol. The molecule has 0 fully saturated rings. The largest absolute Gasteiger partial charge is 0.398 e. The predicted molar refractivity (Wildman–Crippen MR) is 53.1 cm³/mol. The molecule has 0 aromatic heterocycles. The van der Waals surface area contributed by atoms with Gasteiger partial charge >= 0.3 is 0 Å².